The number of piperidine rings is 1. The SMILES string of the molecule is CCCCNC(=O)C1CCCN(CCCCC(=O)O)C1.Cl. The molecule has 6 heteroatoms. The molecule has 0 aromatic carbocycles. The molecule has 0 spiro atoms. The Bertz CT molecular complexity index is 313. The molecule has 0 saturated carbocycles. The summed E-state index contributed by atoms with van der Waals surface area (Å²) in [5, 5.41) is 11.6. The molecular formula is C15H29ClN2O3. The normalized spacial score (nSPS) is 18.8. The fraction of sp³-hybridized carbons (Fsp3) is 0.867. The largest absolute Gasteiger partial charge is 0.481 e. The van der Waals surface area contributed by atoms with E-state index >= 15 is 0 Å². The fourth-order valence-electron chi connectivity index (χ4n) is 2.62. The van der Waals surface area contributed by atoms with E-state index in [0.717, 1.165) is 64.7 Å². The molecule has 1 saturated heterocycles. The predicted octanol–water partition coefficient (Wildman–Crippen LogP) is 2.29. The number of rotatable bonds is 9. The highest BCUT2D eigenvalue weighted by molar-refractivity contribution is 5.85. The van der Waals surface area contributed by atoms with E-state index in [4.69, 9.17) is 5.11 Å². The lowest BCUT2D eigenvalue weighted by Gasteiger charge is -2.32. The van der Waals surface area contributed by atoms with Gasteiger partial charge in [-0.25, -0.2) is 0 Å². The van der Waals surface area contributed by atoms with Gasteiger partial charge in [0.05, 0.1) is 5.92 Å². The lowest BCUT2D eigenvalue weighted by atomic mass is 9.97. The van der Waals surface area contributed by atoms with Crippen LogP contribution >= 0.6 is 12.4 Å². The number of hydrogen-bond donors (Lipinski definition) is 2. The third-order valence-corrected chi connectivity index (χ3v) is 3.82. The van der Waals surface area contributed by atoms with Gasteiger partial charge in [0.15, 0.2) is 0 Å². The zero-order valence-electron chi connectivity index (χ0n) is 13.0. The number of carboxylic acid groups (broad SMARTS) is 1. The van der Waals surface area contributed by atoms with Gasteiger partial charge in [-0.1, -0.05) is 13.3 Å². The molecular weight excluding hydrogens is 292 g/mol. The predicted molar refractivity (Wildman–Crippen MR) is 85.8 cm³/mol. The zero-order valence-corrected chi connectivity index (χ0v) is 13.8. The second kappa shape index (κ2) is 11.8. The van der Waals surface area contributed by atoms with Gasteiger partial charge in [0.2, 0.25) is 5.91 Å². The van der Waals surface area contributed by atoms with Gasteiger partial charge in [-0.05, 0) is 45.2 Å². The molecule has 1 amide bonds. The lowest BCUT2D eigenvalue weighted by molar-refractivity contribution is -0.137. The monoisotopic (exact) mass is 320 g/mol. The number of aliphatic carboxylic acids is 1. The van der Waals surface area contributed by atoms with Crippen molar-refractivity contribution in [3.05, 3.63) is 0 Å². The van der Waals surface area contributed by atoms with E-state index in [2.05, 4.69) is 17.1 Å². The Morgan fingerprint density at radius 2 is 2.05 bits per heavy atom. The molecule has 0 radical (unpaired) electrons. The number of nitrogens with zero attached hydrogens (tertiary/aromatic N) is 1. The van der Waals surface area contributed by atoms with E-state index in [0.29, 0.717) is 0 Å². The molecule has 1 heterocycles. The van der Waals surface area contributed by atoms with Gasteiger partial charge in [0, 0.05) is 19.5 Å². The average molecular weight is 321 g/mol. The first-order chi connectivity index (χ1) is 9.63. The van der Waals surface area contributed by atoms with Gasteiger partial charge in [-0.2, -0.15) is 0 Å². The Morgan fingerprint density at radius 1 is 1.29 bits per heavy atom. The first kappa shape index (κ1) is 20.2. The summed E-state index contributed by atoms with van der Waals surface area (Å²) < 4.78 is 0. The van der Waals surface area contributed by atoms with Crippen LogP contribution in [0, 0.1) is 5.92 Å². The maximum absolute atomic E-state index is 12.0. The van der Waals surface area contributed by atoms with Crippen molar-refractivity contribution in [2.75, 3.05) is 26.2 Å². The molecule has 1 rings (SSSR count). The quantitative estimate of drug-likeness (QED) is 0.640. The standard InChI is InChI=1S/C15H28N2O3.ClH/c1-2-3-9-16-15(20)13-7-6-11-17(12-13)10-5-4-8-14(18)19;/h13H,2-12H2,1H3,(H,16,20)(H,18,19);1H. The van der Waals surface area contributed by atoms with Gasteiger partial charge in [-0.3, -0.25) is 9.59 Å². The second-order valence-corrected chi connectivity index (χ2v) is 5.64. The molecule has 0 aliphatic carbocycles. The van der Waals surface area contributed by atoms with E-state index in [9.17, 15) is 9.59 Å². The number of carbonyl (C=O) groups is 2. The van der Waals surface area contributed by atoms with Crippen LogP contribution < -0.4 is 5.32 Å². The van der Waals surface area contributed by atoms with Crippen molar-refractivity contribution in [2.24, 2.45) is 5.92 Å². The molecule has 0 bridgehead atoms. The Hall–Kier alpha value is -0.810. The highest BCUT2D eigenvalue weighted by Crippen LogP contribution is 2.17. The second-order valence-electron chi connectivity index (χ2n) is 5.64. The summed E-state index contributed by atoms with van der Waals surface area (Å²) in [5.41, 5.74) is 0. The highest BCUT2D eigenvalue weighted by Gasteiger charge is 2.24. The Labute approximate surface area is 133 Å². The van der Waals surface area contributed by atoms with Gasteiger partial charge >= 0.3 is 5.97 Å². The topological polar surface area (TPSA) is 69.6 Å². The van der Waals surface area contributed by atoms with E-state index in [1.54, 1.807) is 0 Å². The van der Waals surface area contributed by atoms with Gasteiger partial charge in [0.25, 0.3) is 0 Å². The molecule has 2 N–H and O–H groups in total. The number of amides is 1. The minimum absolute atomic E-state index is 0. The van der Waals surface area contributed by atoms with Crippen molar-refractivity contribution >= 4 is 24.3 Å². The molecule has 21 heavy (non-hydrogen) atoms. The van der Waals surface area contributed by atoms with E-state index in [-0.39, 0.29) is 30.7 Å². The summed E-state index contributed by atoms with van der Waals surface area (Å²) in [6.45, 7) is 5.67. The number of unbranched alkanes of at least 4 members (excludes halogenated alkanes) is 2. The third-order valence-electron chi connectivity index (χ3n) is 3.82. The Balaban J connectivity index is 0.00000400. The number of nitrogens with one attached hydrogen (secondary N) is 1. The molecule has 1 aliphatic heterocycles. The van der Waals surface area contributed by atoms with E-state index < -0.39 is 5.97 Å². The van der Waals surface area contributed by atoms with Crippen LogP contribution in [-0.4, -0.2) is 48.1 Å². The zero-order chi connectivity index (χ0) is 14.8. The maximum Gasteiger partial charge on any atom is 0.303 e. The van der Waals surface area contributed by atoms with E-state index in [1.165, 1.54) is 0 Å². The number of carboxylic acids is 1. The third kappa shape index (κ3) is 8.94. The number of carbonyl (C=O) groups excluding carboxylic acids is 1. The minimum Gasteiger partial charge on any atom is -0.481 e. The average Bonchev–Trinajstić information content (AvgIpc) is 2.44. The molecule has 1 unspecified atom stereocenters. The molecule has 5 nitrogen and oxygen atoms in total. The van der Waals surface area contributed by atoms with Crippen molar-refractivity contribution in [3.63, 3.8) is 0 Å². The Morgan fingerprint density at radius 3 is 2.71 bits per heavy atom. The molecule has 124 valence electrons. The summed E-state index contributed by atoms with van der Waals surface area (Å²) in [7, 11) is 0. The van der Waals surface area contributed by atoms with Crippen molar-refractivity contribution in [3.8, 4) is 0 Å². The first-order valence-corrected chi connectivity index (χ1v) is 7.85. The number of likely N-dealkylation sites (tertiary alicyclic amines) is 1. The summed E-state index contributed by atoms with van der Waals surface area (Å²) in [6.07, 6.45) is 6.04. The first-order valence-electron chi connectivity index (χ1n) is 7.85. The van der Waals surface area contributed by atoms with Crippen LogP contribution in [0.5, 0.6) is 0 Å². The van der Waals surface area contributed by atoms with Gasteiger partial charge in [-0.15, -0.1) is 12.4 Å². The smallest absolute Gasteiger partial charge is 0.303 e. The molecule has 0 aromatic rings. The highest BCUT2D eigenvalue weighted by atomic mass is 35.5. The van der Waals surface area contributed by atoms with Crippen LogP contribution in [0.2, 0.25) is 0 Å². The Kier molecular flexibility index (Phi) is 11.4. The van der Waals surface area contributed by atoms with Crippen LogP contribution in [-0.2, 0) is 9.59 Å². The van der Waals surface area contributed by atoms with Crippen LogP contribution in [0.15, 0.2) is 0 Å². The van der Waals surface area contributed by atoms with Gasteiger partial charge < -0.3 is 15.3 Å². The fourth-order valence-corrected chi connectivity index (χ4v) is 2.62. The van der Waals surface area contributed by atoms with Crippen molar-refractivity contribution in [1.29, 1.82) is 0 Å². The summed E-state index contributed by atoms with van der Waals surface area (Å²) in [5.74, 6) is -0.425. The summed E-state index contributed by atoms with van der Waals surface area (Å²) in [4.78, 5) is 24.8. The van der Waals surface area contributed by atoms with Crippen LogP contribution in [0.25, 0.3) is 0 Å². The molecule has 1 fully saturated rings. The summed E-state index contributed by atoms with van der Waals surface area (Å²) in [6, 6.07) is 0. The van der Waals surface area contributed by atoms with Crippen molar-refractivity contribution in [2.45, 2.75) is 51.9 Å². The van der Waals surface area contributed by atoms with Gasteiger partial charge in [0.1, 0.15) is 0 Å². The molecule has 1 aliphatic rings. The summed E-state index contributed by atoms with van der Waals surface area (Å²) >= 11 is 0. The van der Waals surface area contributed by atoms with Crippen LogP contribution in [0.3, 0.4) is 0 Å². The number of hydrogen-bond acceptors (Lipinski definition) is 3. The van der Waals surface area contributed by atoms with Crippen LogP contribution in [0.1, 0.15) is 51.9 Å². The minimum atomic E-state index is -0.725. The van der Waals surface area contributed by atoms with Crippen molar-refractivity contribution < 1.29 is 14.7 Å². The molecule has 1 atom stereocenters. The molecule has 0 aromatic heterocycles. The lowest BCUT2D eigenvalue weighted by Crippen LogP contribution is -2.43. The number of halogens is 1. The van der Waals surface area contributed by atoms with Crippen LogP contribution in [0.4, 0.5) is 0 Å². The van der Waals surface area contributed by atoms with E-state index in [1.807, 2.05) is 0 Å². The van der Waals surface area contributed by atoms with Crippen molar-refractivity contribution in [1.82, 2.24) is 10.2 Å². The maximum atomic E-state index is 12.0.